The van der Waals surface area contributed by atoms with E-state index in [1.54, 1.807) is 6.92 Å². The predicted octanol–water partition coefficient (Wildman–Crippen LogP) is 4.86. The molecule has 0 aliphatic carbocycles. The van der Waals surface area contributed by atoms with E-state index < -0.39 is 6.10 Å². The number of carbonyl (C=O) groups is 1. The van der Waals surface area contributed by atoms with Crippen LogP contribution < -0.4 is 10.1 Å². The van der Waals surface area contributed by atoms with E-state index >= 15 is 0 Å². The van der Waals surface area contributed by atoms with E-state index in [2.05, 4.69) is 5.32 Å². The number of rotatable bonds is 4. The molecule has 3 nitrogen and oxygen atoms in total. The van der Waals surface area contributed by atoms with Crippen molar-refractivity contribution in [3.8, 4) is 5.75 Å². The van der Waals surface area contributed by atoms with E-state index in [1.807, 2.05) is 74.5 Å². The first-order valence-corrected chi connectivity index (χ1v) is 8.06. The highest BCUT2D eigenvalue weighted by Gasteiger charge is 2.16. The van der Waals surface area contributed by atoms with Crippen LogP contribution in [0.3, 0.4) is 0 Å². The van der Waals surface area contributed by atoms with Crippen LogP contribution in [-0.2, 0) is 4.79 Å². The summed E-state index contributed by atoms with van der Waals surface area (Å²) in [6.45, 7) is 5.78. The minimum atomic E-state index is -0.571. The third kappa shape index (κ3) is 3.57. The van der Waals surface area contributed by atoms with Crippen molar-refractivity contribution < 1.29 is 9.53 Å². The number of hydrogen-bond acceptors (Lipinski definition) is 2. The SMILES string of the molecule is Cc1ccc(OC(C)C(=O)Nc2ccc3ccccc3c2)c(C)c1. The van der Waals surface area contributed by atoms with Crippen LogP contribution in [-0.4, -0.2) is 12.0 Å². The van der Waals surface area contributed by atoms with Crippen LogP contribution in [0.1, 0.15) is 18.1 Å². The number of ether oxygens (including phenoxy) is 1. The van der Waals surface area contributed by atoms with Gasteiger partial charge in [-0.1, -0.05) is 48.0 Å². The summed E-state index contributed by atoms with van der Waals surface area (Å²) < 4.78 is 5.81. The lowest BCUT2D eigenvalue weighted by Crippen LogP contribution is -2.30. The molecule has 0 saturated carbocycles. The van der Waals surface area contributed by atoms with Gasteiger partial charge in [-0.3, -0.25) is 4.79 Å². The van der Waals surface area contributed by atoms with Crippen LogP contribution in [0.2, 0.25) is 0 Å². The molecule has 24 heavy (non-hydrogen) atoms. The molecular formula is C21H21NO2. The topological polar surface area (TPSA) is 38.3 Å². The number of fused-ring (bicyclic) bond motifs is 1. The molecule has 3 rings (SSSR count). The standard InChI is InChI=1S/C21H21NO2/c1-14-8-11-20(15(2)12-14)24-16(3)21(23)22-19-10-9-17-6-4-5-7-18(17)13-19/h4-13,16H,1-3H3,(H,22,23). The highest BCUT2D eigenvalue weighted by atomic mass is 16.5. The van der Waals surface area contributed by atoms with Gasteiger partial charge < -0.3 is 10.1 Å². The average molecular weight is 319 g/mol. The molecule has 0 saturated heterocycles. The fourth-order valence-electron chi connectivity index (χ4n) is 2.69. The van der Waals surface area contributed by atoms with E-state index in [0.717, 1.165) is 27.8 Å². The molecule has 0 radical (unpaired) electrons. The molecule has 0 aliphatic rings. The van der Waals surface area contributed by atoms with Gasteiger partial charge in [-0.15, -0.1) is 0 Å². The monoisotopic (exact) mass is 319 g/mol. The number of hydrogen-bond donors (Lipinski definition) is 1. The highest BCUT2D eigenvalue weighted by Crippen LogP contribution is 2.22. The molecule has 0 fully saturated rings. The summed E-state index contributed by atoms with van der Waals surface area (Å²) in [7, 11) is 0. The Morgan fingerprint density at radius 2 is 1.71 bits per heavy atom. The number of nitrogens with one attached hydrogen (secondary N) is 1. The van der Waals surface area contributed by atoms with Crippen LogP contribution in [0, 0.1) is 13.8 Å². The van der Waals surface area contributed by atoms with Crippen LogP contribution >= 0.6 is 0 Å². The molecule has 1 N–H and O–H groups in total. The lowest BCUT2D eigenvalue weighted by atomic mass is 10.1. The van der Waals surface area contributed by atoms with E-state index in [9.17, 15) is 4.79 Å². The van der Waals surface area contributed by atoms with E-state index in [0.29, 0.717) is 0 Å². The fraction of sp³-hybridized carbons (Fsp3) is 0.190. The minimum absolute atomic E-state index is 0.162. The summed E-state index contributed by atoms with van der Waals surface area (Å²) in [6.07, 6.45) is -0.571. The Balaban J connectivity index is 1.70. The molecule has 1 unspecified atom stereocenters. The highest BCUT2D eigenvalue weighted by molar-refractivity contribution is 5.96. The van der Waals surface area contributed by atoms with Gasteiger partial charge in [-0.05, 0) is 55.3 Å². The Morgan fingerprint density at radius 3 is 2.46 bits per heavy atom. The first kappa shape index (κ1) is 16.1. The van der Waals surface area contributed by atoms with Gasteiger partial charge in [0.2, 0.25) is 0 Å². The van der Waals surface area contributed by atoms with Crippen LogP contribution in [0.25, 0.3) is 10.8 Å². The summed E-state index contributed by atoms with van der Waals surface area (Å²) in [6, 6.07) is 19.9. The summed E-state index contributed by atoms with van der Waals surface area (Å²) in [4.78, 5) is 12.4. The summed E-state index contributed by atoms with van der Waals surface area (Å²) in [5, 5.41) is 5.16. The van der Waals surface area contributed by atoms with Crippen molar-refractivity contribution in [2.24, 2.45) is 0 Å². The molecule has 0 bridgehead atoms. The molecular weight excluding hydrogens is 298 g/mol. The number of aryl methyl sites for hydroxylation is 2. The van der Waals surface area contributed by atoms with E-state index in [-0.39, 0.29) is 5.91 Å². The molecule has 3 aromatic rings. The largest absolute Gasteiger partial charge is 0.481 e. The maximum atomic E-state index is 12.4. The molecule has 0 aliphatic heterocycles. The molecule has 122 valence electrons. The lowest BCUT2D eigenvalue weighted by Gasteiger charge is -2.16. The second-order valence-electron chi connectivity index (χ2n) is 6.08. The molecule has 1 atom stereocenters. The van der Waals surface area contributed by atoms with Gasteiger partial charge in [-0.2, -0.15) is 0 Å². The maximum Gasteiger partial charge on any atom is 0.265 e. The Hall–Kier alpha value is -2.81. The van der Waals surface area contributed by atoms with Crippen molar-refractivity contribution in [3.63, 3.8) is 0 Å². The zero-order valence-corrected chi connectivity index (χ0v) is 14.2. The molecule has 0 spiro atoms. The normalized spacial score (nSPS) is 12.0. The lowest BCUT2D eigenvalue weighted by molar-refractivity contribution is -0.122. The van der Waals surface area contributed by atoms with E-state index in [4.69, 9.17) is 4.74 Å². The molecule has 0 heterocycles. The van der Waals surface area contributed by atoms with Crippen molar-refractivity contribution in [2.45, 2.75) is 26.9 Å². The Labute approximate surface area is 142 Å². The molecule has 3 heteroatoms. The van der Waals surface area contributed by atoms with Gasteiger partial charge in [0, 0.05) is 5.69 Å². The summed E-state index contributed by atoms with van der Waals surface area (Å²) >= 11 is 0. The van der Waals surface area contributed by atoms with Crippen LogP contribution in [0.15, 0.2) is 60.7 Å². The first-order chi connectivity index (χ1) is 11.5. The van der Waals surface area contributed by atoms with Crippen molar-refractivity contribution in [3.05, 3.63) is 71.8 Å². The quantitative estimate of drug-likeness (QED) is 0.745. The second-order valence-corrected chi connectivity index (χ2v) is 6.08. The zero-order chi connectivity index (χ0) is 17.1. The minimum Gasteiger partial charge on any atom is -0.481 e. The number of carbonyl (C=O) groups excluding carboxylic acids is 1. The van der Waals surface area contributed by atoms with Crippen LogP contribution in [0.5, 0.6) is 5.75 Å². The van der Waals surface area contributed by atoms with Crippen molar-refractivity contribution in [2.75, 3.05) is 5.32 Å². The van der Waals surface area contributed by atoms with Gasteiger partial charge >= 0.3 is 0 Å². The Kier molecular flexibility index (Phi) is 4.52. The van der Waals surface area contributed by atoms with Gasteiger partial charge in [0.15, 0.2) is 6.10 Å². The smallest absolute Gasteiger partial charge is 0.265 e. The Morgan fingerprint density at radius 1 is 0.958 bits per heavy atom. The summed E-state index contributed by atoms with van der Waals surface area (Å²) in [5.41, 5.74) is 2.98. The van der Waals surface area contributed by atoms with Crippen LogP contribution in [0.4, 0.5) is 5.69 Å². The second kappa shape index (κ2) is 6.75. The number of amides is 1. The van der Waals surface area contributed by atoms with Crippen molar-refractivity contribution in [1.29, 1.82) is 0 Å². The maximum absolute atomic E-state index is 12.4. The predicted molar refractivity (Wildman–Crippen MR) is 98.6 cm³/mol. The van der Waals surface area contributed by atoms with Crippen molar-refractivity contribution >= 4 is 22.4 Å². The van der Waals surface area contributed by atoms with Gasteiger partial charge in [0.1, 0.15) is 5.75 Å². The fourth-order valence-corrected chi connectivity index (χ4v) is 2.69. The Bertz CT molecular complexity index is 886. The summed E-state index contributed by atoms with van der Waals surface area (Å²) in [5.74, 6) is 0.576. The third-order valence-electron chi connectivity index (χ3n) is 4.02. The third-order valence-corrected chi connectivity index (χ3v) is 4.02. The van der Waals surface area contributed by atoms with E-state index in [1.165, 1.54) is 5.56 Å². The number of benzene rings is 3. The molecule has 1 amide bonds. The first-order valence-electron chi connectivity index (χ1n) is 8.06. The van der Waals surface area contributed by atoms with Gasteiger partial charge in [0.25, 0.3) is 5.91 Å². The average Bonchev–Trinajstić information content (AvgIpc) is 2.57. The molecule has 0 aromatic heterocycles. The van der Waals surface area contributed by atoms with Gasteiger partial charge in [0.05, 0.1) is 0 Å². The van der Waals surface area contributed by atoms with Crippen molar-refractivity contribution in [1.82, 2.24) is 0 Å². The van der Waals surface area contributed by atoms with Gasteiger partial charge in [-0.25, -0.2) is 0 Å². The number of anilines is 1. The zero-order valence-electron chi connectivity index (χ0n) is 14.2. The molecule has 3 aromatic carbocycles.